The molecule has 106 valence electrons. The number of halogens is 1. The summed E-state index contributed by atoms with van der Waals surface area (Å²) in [7, 11) is 0. The van der Waals surface area contributed by atoms with E-state index in [1.807, 2.05) is 13.8 Å². The second-order valence-corrected chi connectivity index (χ2v) is 4.88. The topological polar surface area (TPSA) is 27.7 Å². The number of hydrogen-bond acceptors (Lipinski definition) is 3. The predicted molar refractivity (Wildman–Crippen MR) is 70.2 cm³/mol. The first kappa shape index (κ1) is 14.4. The number of ether oxygens (including phenoxy) is 3. The molecule has 0 aliphatic carbocycles. The van der Waals surface area contributed by atoms with Crippen LogP contribution in [0.25, 0.3) is 0 Å². The van der Waals surface area contributed by atoms with Crippen LogP contribution in [0.3, 0.4) is 0 Å². The quantitative estimate of drug-likeness (QED) is 0.820. The average Bonchev–Trinajstić information content (AvgIpc) is 2.47. The highest BCUT2D eigenvalue weighted by Gasteiger charge is 2.36. The van der Waals surface area contributed by atoms with E-state index >= 15 is 0 Å². The summed E-state index contributed by atoms with van der Waals surface area (Å²) in [6, 6.07) is 6.66. The zero-order chi connectivity index (χ0) is 13.7. The van der Waals surface area contributed by atoms with Crippen LogP contribution in [0.2, 0.25) is 0 Å². The number of rotatable bonds is 5. The molecule has 0 atom stereocenters. The zero-order valence-corrected chi connectivity index (χ0v) is 11.5. The van der Waals surface area contributed by atoms with E-state index in [0.717, 1.165) is 12.8 Å². The summed E-state index contributed by atoms with van der Waals surface area (Å²) >= 11 is 0. The molecule has 0 radical (unpaired) electrons. The molecule has 1 aromatic carbocycles. The Balaban J connectivity index is 1.95. The molecule has 0 N–H and O–H groups in total. The molecule has 1 aliphatic rings. The second kappa shape index (κ2) is 6.46. The van der Waals surface area contributed by atoms with Crippen molar-refractivity contribution in [3.05, 3.63) is 35.6 Å². The van der Waals surface area contributed by atoms with E-state index in [4.69, 9.17) is 14.2 Å². The van der Waals surface area contributed by atoms with Crippen LogP contribution in [0.15, 0.2) is 24.3 Å². The van der Waals surface area contributed by atoms with Crippen molar-refractivity contribution < 1.29 is 18.6 Å². The fourth-order valence-corrected chi connectivity index (χ4v) is 2.05. The van der Waals surface area contributed by atoms with Gasteiger partial charge in [-0.1, -0.05) is 32.0 Å². The molecule has 19 heavy (non-hydrogen) atoms. The summed E-state index contributed by atoms with van der Waals surface area (Å²) < 4.78 is 30.7. The summed E-state index contributed by atoms with van der Waals surface area (Å²) in [6.07, 6.45) is 1.46. The van der Waals surface area contributed by atoms with E-state index in [9.17, 15) is 4.39 Å². The molecule has 1 heterocycles. The maximum Gasteiger partial charge on any atom is 0.157 e. The molecule has 4 heteroatoms. The minimum atomic E-state index is -0.464. The highest BCUT2D eigenvalue weighted by atomic mass is 19.1. The average molecular weight is 268 g/mol. The molecule has 1 fully saturated rings. The zero-order valence-electron chi connectivity index (χ0n) is 11.5. The standard InChI is InChI=1S/C15H21FO3/c1-3-14-17-10-15(4-2,11-18-14)19-9-12-7-5-6-8-13(12)16/h5-8,14H,3-4,9-11H2,1-2H3/t14-,15-. The molecule has 2 rings (SSSR count). The SMILES string of the molecule is CC[C@H]1OC[C@](CC)(OCc2ccccc2F)CO1. The smallest absolute Gasteiger partial charge is 0.157 e. The Morgan fingerprint density at radius 3 is 2.53 bits per heavy atom. The Hall–Kier alpha value is -0.970. The Morgan fingerprint density at radius 2 is 1.95 bits per heavy atom. The second-order valence-electron chi connectivity index (χ2n) is 4.88. The van der Waals surface area contributed by atoms with Crippen LogP contribution < -0.4 is 0 Å². The van der Waals surface area contributed by atoms with E-state index in [1.165, 1.54) is 6.07 Å². The normalized spacial score (nSPS) is 27.4. The lowest BCUT2D eigenvalue weighted by molar-refractivity contribution is -0.269. The molecule has 1 aliphatic heterocycles. The third kappa shape index (κ3) is 3.53. The van der Waals surface area contributed by atoms with Crippen molar-refractivity contribution in [3.8, 4) is 0 Å². The van der Waals surface area contributed by atoms with Gasteiger partial charge in [0.2, 0.25) is 0 Å². The third-order valence-electron chi connectivity index (χ3n) is 3.53. The Bertz CT molecular complexity index is 400. The van der Waals surface area contributed by atoms with Gasteiger partial charge in [-0.15, -0.1) is 0 Å². The first-order valence-corrected chi connectivity index (χ1v) is 6.79. The van der Waals surface area contributed by atoms with Crippen molar-refractivity contribution >= 4 is 0 Å². The van der Waals surface area contributed by atoms with Crippen molar-refractivity contribution in [2.75, 3.05) is 13.2 Å². The molecule has 0 saturated carbocycles. The Morgan fingerprint density at radius 1 is 1.26 bits per heavy atom. The third-order valence-corrected chi connectivity index (χ3v) is 3.53. The summed E-state index contributed by atoms with van der Waals surface area (Å²) in [5.74, 6) is -0.238. The van der Waals surface area contributed by atoms with Crippen LogP contribution in [0.4, 0.5) is 4.39 Å². The minimum Gasteiger partial charge on any atom is -0.365 e. The lowest BCUT2D eigenvalue weighted by atomic mass is 10.0. The van der Waals surface area contributed by atoms with Crippen LogP contribution in [0.5, 0.6) is 0 Å². The Labute approximate surface area is 113 Å². The van der Waals surface area contributed by atoms with Gasteiger partial charge in [0.1, 0.15) is 11.4 Å². The van der Waals surface area contributed by atoms with Crippen LogP contribution in [0.1, 0.15) is 32.3 Å². The maximum absolute atomic E-state index is 13.5. The van der Waals surface area contributed by atoms with Gasteiger partial charge in [0.05, 0.1) is 19.8 Å². The van der Waals surface area contributed by atoms with Gasteiger partial charge in [0, 0.05) is 5.56 Å². The fraction of sp³-hybridized carbons (Fsp3) is 0.600. The van der Waals surface area contributed by atoms with Gasteiger partial charge in [-0.05, 0) is 18.9 Å². The van der Waals surface area contributed by atoms with Gasteiger partial charge in [-0.3, -0.25) is 0 Å². The highest BCUT2D eigenvalue weighted by Crippen LogP contribution is 2.26. The van der Waals surface area contributed by atoms with Crippen LogP contribution >= 0.6 is 0 Å². The minimum absolute atomic E-state index is 0.142. The van der Waals surface area contributed by atoms with Gasteiger partial charge in [0.25, 0.3) is 0 Å². The molecule has 0 amide bonds. The van der Waals surface area contributed by atoms with Crippen molar-refractivity contribution in [3.63, 3.8) is 0 Å². The van der Waals surface area contributed by atoms with Gasteiger partial charge in [0.15, 0.2) is 6.29 Å². The van der Waals surface area contributed by atoms with Crippen molar-refractivity contribution in [2.24, 2.45) is 0 Å². The van der Waals surface area contributed by atoms with Gasteiger partial charge < -0.3 is 14.2 Å². The van der Waals surface area contributed by atoms with E-state index in [-0.39, 0.29) is 18.7 Å². The summed E-state index contributed by atoms with van der Waals surface area (Å²) in [4.78, 5) is 0. The van der Waals surface area contributed by atoms with E-state index in [0.29, 0.717) is 18.8 Å². The highest BCUT2D eigenvalue weighted by molar-refractivity contribution is 5.16. The van der Waals surface area contributed by atoms with Gasteiger partial charge in [-0.25, -0.2) is 4.39 Å². The van der Waals surface area contributed by atoms with E-state index in [1.54, 1.807) is 18.2 Å². The lowest BCUT2D eigenvalue weighted by Crippen LogP contribution is -2.48. The Kier molecular flexibility index (Phi) is 4.91. The van der Waals surface area contributed by atoms with Crippen LogP contribution in [0, 0.1) is 5.82 Å². The van der Waals surface area contributed by atoms with E-state index < -0.39 is 5.60 Å². The molecule has 3 nitrogen and oxygen atoms in total. The van der Waals surface area contributed by atoms with Crippen molar-refractivity contribution in [1.29, 1.82) is 0 Å². The maximum atomic E-state index is 13.5. The fourth-order valence-electron chi connectivity index (χ4n) is 2.05. The van der Waals surface area contributed by atoms with Crippen LogP contribution in [-0.2, 0) is 20.8 Å². The molecular weight excluding hydrogens is 247 g/mol. The van der Waals surface area contributed by atoms with Gasteiger partial charge >= 0.3 is 0 Å². The predicted octanol–water partition coefficient (Wildman–Crippen LogP) is 3.27. The van der Waals surface area contributed by atoms with Crippen molar-refractivity contribution in [2.45, 2.75) is 45.2 Å². The molecule has 0 aromatic heterocycles. The van der Waals surface area contributed by atoms with E-state index in [2.05, 4.69) is 0 Å². The molecule has 1 aromatic rings. The number of hydrogen-bond donors (Lipinski definition) is 0. The van der Waals surface area contributed by atoms with Gasteiger partial charge in [-0.2, -0.15) is 0 Å². The monoisotopic (exact) mass is 268 g/mol. The van der Waals surface area contributed by atoms with Crippen molar-refractivity contribution in [1.82, 2.24) is 0 Å². The van der Waals surface area contributed by atoms with Crippen LogP contribution in [-0.4, -0.2) is 25.1 Å². The lowest BCUT2D eigenvalue weighted by Gasteiger charge is -2.39. The molecule has 0 bridgehead atoms. The molecule has 0 unspecified atom stereocenters. The molecule has 1 saturated heterocycles. The molecule has 0 spiro atoms. The number of benzene rings is 1. The summed E-state index contributed by atoms with van der Waals surface area (Å²) in [6.45, 7) is 5.28. The summed E-state index contributed by atoms with van der Waals surface area (Å²) in [5.41, 5.74) is 0.0986. The first-order chi connectivity index (χ1) is 9.19. The molecular formula is C15H21FO3. The first-order valence-electron chi connectivity index (χ1n) is 6.79. The summed E-state index contributed by atoms with van der Waals surface area (Å²) in [5, 5.41) is 0. The largest absolute Gasteiger partial charge is 0.365 e.